The summed E-state index contributed by atoms with van der Waals surface area (Å²) in [6.07, 6.45) is 1.28. The molecule has 1 N–H and O–H groups in total. The maximum absolute atomic E-state index is 13.4. The van der Waals surface area contributed by atoms with E-state index in [1.54, 1.807) is 0 Å². The Labute approximate surface area is 128 Å². The number of aromatic carboxylic acids is 1. The normalized spacial score (nSPS) is 10.7. The number of ether oxygens (including phenoxy) is 1. The van der Waals surface area contributed by atoms with Gasteiger partial charge in [-0.05, 0) is 28.1 Å². The average Bonchev–Trinajstić information content (AvgIpc) is 2.43. The molecule has 0 fully saturated rings. The summed E-state index contributed by atoms with van der Waals surface area (Å²) in [6, 6.07) is 4.12. The van der Waals surface area contributed by atoms with Crippen LogP contribution < -0.4 is 4.74 Å². The molecule has 21 heavy (non-hydrogen) atoms. The van der Waals surface area contributed by atoms with Crippen molar-refractivity contribution in [2.75, 3.05) is 0 Å². The fourth-order valence-corrected chi connectivity index (χ4v) is 1.80. The molecule has 0 aliphatic carbocycles. The number of carboxylic acid groups (broad SMARTS) is 1. The van der Waals surface area contributed by atoms with E-state index in [0.717, 1.165) is 6.07 Å². The quantitative estimate of drug-likeness (QED) is 0.898. The van der Waals surface area contributed by atoms with E-state index in [2.05, 4.69) is 25.9 Å². The highest BCUT2D eigenvalue weighted by molar-refractivity contribution is 9.10. The molecule has 0 saturated heterocycles. The highest BCUT2D eigenvalue weighted by Crippen LogP contribution is 2.27. The van der Waals surface area contributed by atoms with Gasteiger partial charge in [-0.15, -0.1) is 0 Å². The average molecular weight is 355 g/mol. The Kier molecular flexibility index (Phi) is 4.52. The van der Waals surface area contributed by atoms with Crippen molar-refractivity contribution >= 4 is 21.9 Å². The molecular formula is C14H12BrFN2O3. The van der Waals surface area contributed by atoms with Gasteiger partial charge in [0.1, 0.15) is 17.4 Å². The van der Waals surface area contributed by atoms with Crippen LogP contribution >= 0.6 is 15.9 Å². The highest BCUT2D eigenvalue weighted by Gasteiger charge is 2.17. The van der Waals surface area contributed by atoms with Crippen molar-refractivity contribution in [1.82, 2.24) is 9.97 Å². The first-order valence-corrected chi connectivity index (χ1v) is 6.91. The molecule has 0 bridgehead atoms. The summed E-state index contributed by atoms with van der Waals surface area (Å²) in [5, 5.41) is 9.20. The Morgan fingerprint density at radius 3 is 2.71 bits per heavy atom. The topological polar surface area (TPSA) is 72.3 Å². The third-order valence-electron chi connectivity index (χ3n) is 2.61. The van der Waals surface area contributed by atoms with E-state index in [0.29, 0.717) is 10.3 Å². The number of rotatable bonds is 4. The molecule has 5 nitrogen and oxygen atoms in total. The third kappa shape index (κ3) is 3.55. The molecule has 1 heterocycles. The fourth-order valence-electron chi connectivity index (χ4n) is 1.56. The fraction of sp³-hybridized carbons (Fsp3) is 0.214. The van der Waals surface area contributed by atoms with Crippen LogP contribution in [0.4, 0.5) is 4.39 Å². The smallest absolute Gasteiger partial charge is 0.358 e. The largest absolute Gasteiger partial charge is 0.476 e. The Hall–Kier alpha value is -2.02. The van der Waals surface area contributed by atoms with Crippen LogP contribution in [0.15, 0.2) is 28.9 Å². The summed E-state index contributed by atoms with van der Waals surface area (Å²) < 4.78 is 19.1. The zero-order chi connectivity index (χ0) is 15.6. The van der Waals surface area contributed by atoms with Gasteiger partial charge in [-0.3, -0.25) is 0 Å². The predicted octanol–water partition coefficient (Wildman–Crippen LogP) is 3.99. The second kappa shape index (κ2) is 6.17. The minimum atomic E-state index is -1.23. The molecule has 0 radical (unpaired) electrons. The molecule has 0 aliphatic rings. The van der Waals surface area contributed by atoms with E-state index < -0.39 is 11.8 Å². The van der Waals surface area contributed by atoms with Crippen LogP contribution in [0.2, 0.25) is 0 Å². The molecule has 0 aliphatic heterocycles. The molecule has 110 valence electrons. The van der Waals surface area contributed by atoms with Gasteiger partial charge in [0.05, 0.1) is 10.7 Å². The maximum Gasteiger partial charge on any atom is 0.358 e. The Morgan fingerprint density at radius 2 is 2.14 bits per heavy atom. The van der Waals surface area contributed by atoms with Crippen LogP contribution in [-0.2, 0) is 0 Å². The van der Waals surface area contributed by atoms with E-state index in [1.165, 1.54) is 18.3 Å². The van der Waals surface area contributed by atoms with Gasteiger partial charge in [0.15, 0.2) is 11.4 Å². The predicted molar refractivity (Wildman–Crippen MR) is 77.3 cm³/mol. The molecule has 1 aromatic heterocycles. The monoisotopic (exact) mass is 354 g/mol. The summed E-state index contributed by atoms with van der Waals surface area (Å²) in [5.41, 5.74) is -0.253. The molecule has 2 rings (SSSR count). The minimum absolute atomic E-state index is 0.0118. The van der Waals surface area contributed by atoms with Gasteiger partial charge in [-0.2, -0.15) is 0 Å². The van der Waals surface area contributed by atoms with Crippen LogP contribution in [0.3, 0.4) is 0 Å². The number of aromatic nitrogens is 2. The first kappa shape index (κ1) is 15.4. The number of benzene rings is 1. The molecule has 0 saturated carbocycles. The van der Waals surface area contributed by atoms with Crippen molar-refractivity contribution < 1.29 is 19.0 Å². The van der Waals surface area contributed by atoms with Gasteiger partial charge in [0.25, 0.3) is 0 Å². The number of carboxylic acids is 1. The van der Waals surface area contributed by atoms with Crippen LogP contribution in [-0.4, -0.2) is 21.0 Å². The second-order valence-corrected chi connectivity index (χ2v) is 5.43. The first-order valence-electron chi connectivity index (χ1n) is 6.11. The first-order chi connectivity index (χ1) is 9.88. The van der Waals surface area contributed by atoms with Crippen molar-refractivity contribution in [3.8, 4) is 11.5 Å². The molecule has 1 aromatic carbocycles. The lowest BCUT2D eigenvalue weighted by Crippen LogP contribution is -2.08. The summed E-state index contributed by atoms with van der Waals surface area (Å²) >= 11 is 3.03. The summed E-state index contributed by atoms with van der Waals surface area (Å²) in [5.74, 6) is -1.22. The number of nitrogens with zero attached hydrogens (tertiary/aromatic N) is 2. The number of carbonyl (C=O) groups is 1. The lowest BCUT2D eigenvalue weighted by Gasteiger charge is -2.10. The highest BCUT2D eigenvalue weighted by atomic mass is 79.9. The van der Waals surface area contributed by atoms with Gasteiger partial charge in [0.2, 0.25) is 0 Å². The van der Waals surface area contributed by atoms with E-state index in [1.807, 2.05) is 13.8 Å². The molecule has 0 atom stereocenters. The Morgan fingerprint density at radius 1 is 1.43 bits per heavy atom. The lowest BCUT2D eigenvalue weighted by atomic mass is 10.2. The van der Waals surface area contributed by atoms with Gasteiger partial charge in [-0.25, -0.2) is 19.2 Å². The summed E-state index contributed by atoms with van der Waals surface area (Å²) in [7, 11) is 0. The maximum atomic E-state index is 13.4. The molecule has 7 heteroatoms. The zero-order valence-electron chi connectivity index (χ0n) is 11.3. The van der Waals surface area contributed by atoms with Crippen molar-refractivity contribution in [2.24, 2.45) is 0 Å². The molecule has 2 aromatic rings. The Balaban J connectivity index is 2.39. The zero-order valence-corrected chi connectivity index (χ0v) is 12.9. The van der Waals surface area contributed by atoms with Gasteiger partial charge >= 0.3 is 5.97 Å². The summed E-state index contributed by atoms with van der Waals surface area (Å²) in [6.45, 7) is 3.71. The van der Waals surface area contributed by atoms with Gasteiger partial charge in [0, 0.05) is 12.0 Å². The summed E-state index contributed by atoms with van der Waals surface area (Å²) in [4.78, 5) is 19.3. The van der Waals surface area contributed by atoms with Crippen LogP contribution in [0.25, 0.3) is 0 Å². The lowest BCUT2D eigenvalue weighted by molar-refractivity contribution is 0.0686. The van der Waals surface area contributed by atoms with E-state index >= 15 is 0 Å². The van der Waals surface area contributed by atoms with E-state index in [9.17, 15) is 14.3 Å². The molecule has 0 unspecified atom stereocenters. The SMILES string of the molecule is CC(C)c1ncc(Oc2ccc(Br)c(F)c2)c(C(=O)O)n1. The third-order valence-corrected chi connectivity index (χ3v) is 3.25. The van der Waals surface area contributed by atoms with Crippen molar-refractivity contribution in [3.05, 3.63) is 46.2 Å². The Bertz CT molecular complexity index is 692. The number of hydrogen-bond acceptors (Lipinski definition) is 4. The van der Waals surface area contributed by atoms with Crippen LogP contribution in [0, 0.1) is 5.82 Å². The van der Waals surface area contributed by atoms with Crippen LogP contribution in [0.5, 0.6) is 11.5 Å². The van der Waals surface area contributed by atoms with E-state index in [-0.39, 0.29) is 23.1 Å². The molecule has 0 amide bonds. The van der Waals surface area contributed by atoms with Crippen molar-refractivity contribution in [1.29, 1.82) is 0 Å². The van der Waals surface area contributed by atoms with Gasteiger partial charge in [-0.1, -0.05) is 13.8 Å². The standard InChI is InChI=1S/C14H12BrFN2O3/c1-7(2)13-17-6-11(12(18-13)14(19)20)21-8-3-4-9(15)10(16)5-8/h3-7H,1-2H3,(H,19,20). The minimum Gasteiger partial charge on any atom is -0.476 e. The van der Waals surface area contributed by atoms with Gasteiger partial charge < -0.3 is 9.84 Å². The van der Waals surface area contributed by atoms with Crippen molar-refractivity contribution in [2.45, 2.75) is 19.8 Å². The number of halogens is 2. The molecule has 0 spiro atoms. The van der Waals surface area contributed by atoms with Crippen molar-refractivity contribution in [3.63, 3.8) is 0 Å². The van der Waals surface area contributed by atoms with Crippen LogP contribution in [0.1, 0.15) is 36.1 Å². The second-order valence-electron chi connectivity index (χ2n) is 4.58. The van der Waals surface area contributed by atoms with E-state index in [4.69, 9.17) is 4.74 Å². The number of hydrogen-bond donors (Lipinski definition) is 1. The molecular weight excluding hydrogens is 343 g/mol.